The largest absolute Gasteiger partial charge is 0.375 e. The van der Waals surface area contributed by atoms with E-state index in [4.69, 9.17) is 19.5 Å². The minimum atomic E-state index is 0.0297. The molecule has 2 unspecified atom stereocenters. The van der Waals surface area contributed by atoms with E-state index in [9.17, 15) is 0 Å². The zero-order chi connectivity index (χ0) is 22.1. The highest BCUT2D eigenvalue weighted by atomic mass is 32.1. The number of aromatic nitrogens is 1. The van der Waals surface area contributed by atoms with Gasteiger partial charge >= 0.3 is 0 Å². The number of hydrogen-bond acceptors (Lipinski definition) is 5. The van der Waals surface area contributed by atoms with Crippen LogP contribution >= 0.6 is 11.3 Å². The summed E-state index contributed by atoms with van der Waals surface area (Å²) in [5.74, 6) is 0.903. The van der Waals surface area contributed by atoms with E-state index in [-0.39, 0.29) is 12.2 Å². The molecule has 170 valence electrons. The Hall–Kier alpha value is -1.96. The summed E-state index contributed by atoms with van der Waals surface area (Å²) in [6.45, 7) is 7.13. The van der Waals surface area contributed by atoms with Crippen molar-refractivity contribution < 1.29 is 9.47 Å². The van der Waals surface area contributed by atoms with E-state index in [1.165, 1.54) is 24.0 Å². The maximum atomic E-state index is 6.22. The standard InChI is InChI=1S/C24H36N4O2S/c1-5-25-24(28(3)16-20-17-31-23(27-20)18(2)29-4)26-14-9-15-30-22-13-8-11-19-10-6-7-12-21(19)22/h6-7,10,12,17-18,22H,5,8-9,11,13-16H2,1-4H3,(H,25,26). The molecule has 0 spiro atoms. The van der Waals surface area contributed by atoms with Crippen LogP contribution in [-0.4, -0.2) is 49.7 Å². The van der Waals surface area contributed by atoms with Crippen molar-refractivity contribution in [1.82, 2.24) is 15.2 Å². The van der Waals surface area contributed by atoms with Gasteiger partial charge in [0, 0.05) is 39.2 Å². The highest BCUT2D eigenvalue weighted by molar-refractivity contribution is 7.09. The number of aliphatic imine (C=N–C) groups is 1. The molecule has 7 heteroatoms. The molecule has 6 nitrogen and oxygen atoms in total. The van der Waals surface area contributed by atoms with E-state index < -0.39 is 0 Å². The van der Waals surface area contributed by atoms with Crippen molar-refractivity contribution in [3.8, 4) is 0 Å². The predicted octanol–water partition coefficient (Wildman–Crippen LogP) is 4.73. The van der Waals surface area contributed by atoms with Crippen molar-refractivity contribution in [1.29, 1.82) is 0 Å². The molecule has 1 aliphatic rings. The molecule has 1 heterocycles. The molecule has 1 aliphatic carbocycles. The Morgan fingerprint density at radius 3 is 3.03 bits per heavy atom. The average Bonchev–Trinajstić information content (AvgIpc) is 3.26. The molecule has 0 radical (unpaired) electrons. The summed E-state index contributed by atoms with van der Waals surface area (Å²) in [7, 11) is 3.76. The third kappa shape index (κ3) is 6.76. The van der Waals surface area contributed by atoms with Gasteiger partial charge in [-0.2, -0.15) is 0 Å². The van der Waals surface area contributed by atoms with Crippen LogP contribution in [0.4, 0.5) is 0 Å². The fourth-order valence-electron chi connectivity index (χ4n) is 3.83. The molecule has 0 bridgehead atoms. The minimum absolute atomic E-state index is 0.0297. The van der Waals surface area contributed by atoms with Crippen LogP contribution in [0.5, 0.6) is 0 Å². The van der Waals surface area contributed by atoms with E-state index >= 15 is 0 Å². The molecule has 1 N–H and O–H groups in total. The molecule has 0 saturated heterocycles. The molecular weight excluding hydrogens is 408 g/mol. The zero-order valence-corrected chi connectivity index (χ0v) is 20.1. The Morgan fingerprint density at radius 1 is 1.39 bits per heavy atom. The van der Waals surface area contributed by atoms with Crippen molar-refractivity contribution in [2.45, 2.75) is 58.3 Å². The maximum absolute atomic E-state index is 6.22. The number of fused-ring (bicyclic) bond motifs is 1. The molecule has 0 amide bonds. The SMILES string of the molecule is CCNC(=NCCCOC1CCCc2ccccc21)N(C)Cc1csc(C(C)OC)n1. The van der Waals surface area contributed by atoms with E-state index in [0.29, 0.717) is 6.54 Å². The van der Waals surface area contributed by atoms with Crippen LogP contribution in [0.25, 0.3) is 0 Å². The van der Waals surface area contributed by atoms with E-state index in [0.717, 1.165) is 49.2 Å². The second-order valence-corrected chi connectivity index (χ2v) is 8.84. The normalized spacial score (nSPS) is 17.3. The Morgan fingerprint density at radius 2 is 2.23 bits per heavy atom. The minimum Gasteiger partial charge on any atom is -0.375 e. The van der Waals surface area contributed by atoms with Crippen molar-refractivity contribution in [2.24, 2.45) is 4.99 Å². The molecule has 1 aromatic heterocycles. The molecule has 0 fully saturated rings. The first kappa shape index (κ1) is 23.7. The van der Waals surface area contributed by atoms with Crippen molar-refractivity contribution in [3.05, 3.63) is 51.5 Å². The van der Waals surface area contributed by atoms with Gasteiger partial charge in [-0.25, -0.2) is 4.98 Å². The number of nitrogens with one attached hydrogen (secondary N) is 1. The molecule has 3 rings (SSSR count). The zero-order valence-electron chi connectivity index (χ0n) is 19.3. The van der Waals surface area contributed by atoms with E-state index in [1.54, 1.807) is 18.4 Å². The van der Waals surface area contributed by atoms with Gasteiger partial charge in [-0.05, 0) is 50.7 Å². The number of benzene rings is 1. The summed E-state index contributed by atoms with van der Waals surface area (Å²) in [6.07, 6.45) is 4.66. The summed E-state index contributed by atoms with van der Waals surface area (Å²) in [5.41, 5.74) is 3.85. The number of thiazole rings is 1. The number of nitrogens with zero attached hydrogens (tertiary/aromatic N) is 3. The van der Waals surface area contributed by atoms with E-state index in [1.807, 2.05) is 6.92 Å². The van der Waals surface area contributed by atoms with Gasteiger partial charge in [0.25, 0.3) is 0 Å². The Labute approximate surface area is 190 Å². The smallest absolute Gasteiger partial charge is 0.194 e. The first-order valence-electron chi connectivity index (χ1n) is 11.3. The van der Waals surface area contributed by atoms with Crippen molar-refractivity contribution >= 4 is 17.3 Å². The molecule has 1 aromatic carbocycles. The molecule has 0 aliphatic heterocycles. The third-order valence-electron chi connectivity index (χ3n) is 5.56. The number of ether oxygens (including phenoxy) is 2. The second-order valence-electron chi connectivity index (χ2n) is 7.95. The van der Waals surface area contributed by atoms with Gasteiger partial charge in [0.2, 0.25) is 0 Å². The van der Waals surface area contributed by atoms with Crippen LogP contribution in [0.2, 0.25) is 0 Å². The summed E-state index contributed by atoms with van der Waals surface area (Å²) >= 11 is 1.64. The van der Waals surface area contributed by atoms with Gasteiger partial charge in [0.15, 0.2) is 5.96 Å². The lowest BCUT2D eigenvalue weighted by Gasteiger charge is -2.25. The summed E-state index contributed by atoms with van der Waals surface area (Å²) < 4.78 is 11.6. The maximum Gasteiger partial charge on any atom is 0.194 e. The Balaban J connectivity index is 1.47. The molecule has 0 saturated carbocycles. The summed E-state index contributed by atoms with van der Waals surface area (Å²) in [6, 6.07) is 8.69. The lowest BCUT2D eigenvalue weighted by atomic mass is 9.89. The van der Waals surface area contributed by atoms with Gasteiger partial charge in [-0.1, -0.05) is 24.3 Å². The monoisotopic (exact) mass is 444 g/mol. The predicted molar refractivity (Wildman–Crippen MR) is 128 cm³/mol. The lowest BCUT2D eigenvalue weighted by molar-refractivity contribution is 0.0402. The number of aryl methyl sites for hydroxylation is 1. The first-order valence-corrected chi connectivity index (χ1v) is 12.2. The quantitative estimate of drug-likeness (QED) is 0.326. The topological polar surface area (TPSA) is 59.0 Å². The van der Waals surface area contributed by atoms with Crippen molar-refractivity contribution in [3.63, 3.8) is 0 Å². The highest BCUT2D eigenvalue weighted by Crippen LogP contribution is 2.32. The summed E-state index contributed by atoms with van der Waals surface area (Å²) in [4.78, 5) is 11.6. The summed E-state index contributed by atoms with van der Waals surface area (Å²) in [5, 5.41) is 6.49. The van der Waals surface area contributed by atoms with Crippen LogP contribution in [0, 0.1) is 0 Å². The first-order chi connectivity index (χ1) is 15.1. The number of rotatable bonds is 10. The fraction of sp³-hybridized carbons (Fsp3) is 0.583. The molecule has 31 heavy (non-hydrogen) atoms. The Kier molecular flexibility index (Phi) is 9.31. The van der Waals surface area contributed by atoms with Gasteiger partial charge in [0.1, 0.15) is 11.1 Å². The Bertz CT molecular complexity index is 838. The van der Waals surface area contributed by atoms with Gasteiger partial charge in [-0.3, -0.25) is 4.99 Å². The second kappa shape index (κ2) is 12.2. The van der Waals surface area contributed by atoms with Crippen LogP contribution in [0.3, 0.4) is 0 Å². The number of guanidine groups is 1. The van der Waals surface area contributed by atoms with Gasteiger partial charge in [-0.15, -0.1) is 11.3 Å². The molecule has 2 aromatic rings. The number of methoxy groups -OCH3 is 1. The van der Waals surface area contributed by atoms with Gasteiger partial charge < -0.3 is 19.7 Å². The van der Waals surface area contributed by atoms with Gasteiger partial charge in [0.05, 0.1) is 18.3 Å². The average molecular weight is 445 g/mol. The lowest BCUT2D eigenvalue weighted by Crippen LogP contribution is -2.38. The fourth-order valence-corrected chi connectivity index (χ4v) is 4.67. The highest BCUT2D eigenvalue weighted by Gasteiger charge is 2.20. The van der Waals surface area contributed by atoms with E-state index in [2.05, 4.69) is 53.8 Å². The third-order valence-corrected chi connectivity index (χ3v) is 6.62. The van der Waals surface area contributed by atoms with Crippen molar-refractivity contribution in [2.75, 3.05) is 33.9 Å². The van der Waals surface area contributed by atoms with Crippen LogP contribution in [0.15, 0.2) is 34.6 Å². The number of hydrogen-bond donors (Lipinski definition) is 1. The van der Waals surface area contributed by atoms with Crippen LogP contribution < -0.4 is 5.32 Å². The molecule has 2 atom stereocenters. The molecular formula is C24H36N4O2S. The van der Waals surface area contributed by atoms with Crippen LogP contribution in [0.1, 0.15) is 67.1 Å². The van der Waals surface area contributed by atoms with Crippen LogP contribution in [-0.2, 0) is 22.4 Å².